The molecule has 62 heavy (non-hydrogen) atoms. The number of rotatable bonds is 6. The van der Waals surface area contributed by atoms with Crippen molar-refractivity contribution >= 4 is 93.5 Å². The molecule has 10 aromatic carbocycles. The Hall–Kier alpha value is -8.34. The van der Waals surface area contributed by atoms with Crippen molar-refractivity contribution in [3.63, 3.8) is 0 Å². The van der Waals surface area contributed by atoms with E-state index in [2.05, 4.69) is 204 Å². The van der Waals surface area contributed by atoms with Crippen molar-refractivity contribution in [2.75, 3.05) is 4.90 Å². The van der Waals surface area contributed by atoms with Crippen LogP contribution in [0.2, 0.25) is 0 Å². The van der Waals surface area contributed by atoms with Crippen molar-refractivity contribution in [2.24, 2.45) is 0 Å². The normalized spacial score (nSPS) is 11.9. The lowest BCUT2D eigenvalue weighted by atomic mass is 9.92. The molecule has 0 amide bonds. The molecule has 0 N–H and O–H groups in total. The van der Waals surface area contributed by atoms with Gasteiger partial charge in [0.1, 0.15) is 16.7 Å². The largest absolute Gasteiger partial charge is 0.456 e. The molecule has 0 bridgehead atoms. The molecule has 0 saturated carbocycles. The second-order valence-electron chi connectivity index (χ2n) is 16.0. The van der Waals surface area contributed by atoms with Crippen LogP contribution in [0.15, 0.2) is 227 Å². The molecule has 0 aliphatic carbocycles. The van der Waals surface area contributed by atoms with Gasteiger partial charge in [0.15, 0.2) is 5.58 Å². The Morgan fingerprint density at radius 1 is 0.339 bits per heavy atom. The summed E-state index contributed by atoms with van der Waals surface area (Å²) < 4.78 is 15.7. The Bertz CT molecular complexity index is 3890. The van der Waals surface area contributed by atoms with Crippen LogP contribution in [0.5, 0.6) is 0 Å². The van der Waals surface area contributed by atoms with Crippen molar-refractivity contribution in [2.45, 2.75) is 0 Å². The number of hydrogen-bond donors (Lipinski definition) is 0. The summed E-state index contributed by atoms with van der Waals surface area (Å²) in [5.41, 5.74) is 14.3. The first-order chi connectivity index (χ1) is 30.7. The van der Waals surface area contributed by atoms with Crippen molar-refractivity contribution < 1.29 is 8.83 Å². The van der Waals surface area contributed by atoms with E-state index in [0.29, 0.717) is 0 Å². The standard InChI is InChI=1S/C58H36N2O2/c1-2-15-37(16-3-1)49-35-40(29-31-42(49)43-19-6-10-24-51(43)60-52-25-11-7-20-44(52)50-33-38-17-4-5-18-39(38)34-54(50)60)59(41-30-32-47-45-21-8-12-27-55(45)61-57(47)36-41)53-26-14-23-48-46-22-9-13-28-56(46)62-58(48)53/h1-36H. The smallest absolute Gasteiger partial charge is 0.159 e. The number of para-hydroxylation sites is 5. The van der Waals surface area contributed by atoms with Crippen LogP contribution >= 0.6 is 0 Å². The highest BCUT2D eigenvalue weighted by atomic mass is 16.3. The maximum absolute atomic E-state index is 6.74. The number of anilines is 3. The summed E-state index contributed by atoms with van der Waals surface area (Å²) in [6.45, 7) is 0. The first kappa shape index (κ1) is 34.5. The zero-order valence-electron chi connectivity index (χ0n) is 33.5. The molecule has 3 aromatic heterocycles. The van der Waals surface area contributed by atoms with Gasteiger partial charge >= 0.3 is 0 Å². The van der Waals surface area contributed by atoms with Gasteiger partial charge in [-0.25, -0.2) is 0 Å². The molecule has 0 fully saturated rings. The zero-order valence-corrected chi connectivity index (χ0v) is 33.5. The predicted octanol–water partition coefficient (Wildman–Crippen LogP) is 16.5. The molecule has 3 heterocycles. The van der Waals surface area contributed by atoms with E-state index in [9.17, 15) is 0 Å². The minimum Gasteiger partial charge on any atom is -0.456 e. The van der Waals surface area contributed by atoms with Gasteiger partial charge in [0.2, 0.25) is 0 Å². The van der Waals surface area contributed by atoms with Gasteiger partial charge in [0.25, 0.3) is 0 Å². The lowest BCUT2D eigenvalue weighted by Gasteiger charge is -2.27. The second-order valence-corrected chi connectivity index (χ2v) is 16.0. The molecule has 0 aliphatic heterocycles. The fourth-order valence-corrected chi connectivity index (χ4v) is 9.76. The van der Waals surface area contributed by atoms with Crippen LogP contribution < -0.4 is 4.90 Å². The van der Waals surface area contributed by atoms with Crippen molar-refractivity contribution in [1.29, 1.82) is 0 Å². The molecule has 0 aliphatic rings. The van der Waals surface area contributed by atoms with Gasteiger partial charge in [-0.3, -0.25) is 0 Å². The molecule has 4 heteroatoms. The Kier molecular flexibility index (Phi) is 7.57. The highest BCUT2D eigenvalue weighted by Gasteiger charge is 2.24. The van der Waals surface area contributed by atoms with E-state index in [1.165, 1.54) is 32.6 Å². The number of furan rings is 2. The topological polar surface area (TPSA) is 34.5 Å². The molecule has 0 saturated heterocycles. The summed E-state index contributed by atoms with van der Waals surface area (Å²) in [4.78, 5) is 2.32. The molecule has 13 aromatic rings. The van der Waals surface area contributed by atoms with E-state index in [-0.39, 0.29) is 0 Å². The monoisotopic (exact) mass is 792 g/mol. The molecule has 0 radical (unpaired) electrons. The average molecular weight is 793 g/mol. The highest BCUT2D eigenvalue weighted by Crippen LogP contribution is 2.47. The number of nitrogens with zero attached hydrogens (tertiary/aromatic N) is 2. The molecular formula is C58H36N2O2. The molecular weight excluding hydrogens is 757 g/mol. The molecule has 0 atom stereocenters. The average Bonchev–Trinajstić information content (AvgIpc) is 4.01. The minimum atomic E-state index is 0.827. The summed E-state index contributed by atoms with van der Waals surface area (Å²) in [5, 5.41) is 9.28. The lowest BCUT2D eigenvalue weighted by molar-refractivity contribution is 0.667. The van der Waals surface area contributed by atoms with E-state index in [4.69, 9.17) is 8.83 Å². The Morgan fingerprint density at radius 2 is 0.968 bits per heavy atom. The first-order valence-corrected chi connectivity index (χ1v) is 21.1. The molecule has 0 unspecified atom stereocenters. The summed E-state index contributed by atoms with van der Waals surface area (Å²) in [7, 11) is 0. The number of benzene rings is 10. The van der Waals surface area contributed by atoms with Crippen LogP contribution in [-0.4, -0.2) is 4.57 Å². The third-order valence-electron chi connectivity index (χ3n) is 12.6. The number of aromatic nitrogens is 1. The summed E-state index contributed by atoms with van der Waals surface area (Å²) in [6, 6.07) is 78.1. The van der Waals surface area contributed by atoms with Crippen LogP contribution in [0.3, 0.4) is 0 Å². The van der Waals surface area contributed by atoms with Gasteiger partial charge in [-0.15, -0.1) is 0 Å². The van der Waals surface area contributed by atoms with Crippen molar-refractivity contribution in [1.82, 2.24) is 4.57 Å². The van der Waals surface area contributed by atoms with Crippen LogP contribution in [-0.2, 0) is 0 Å². The summed E-state index contributed by atoms with van der Waals surface area (Å²) in [6.07, 6.45) is 0. The molecule has 4 nitrogen and oxygen atoms in total. The quantitative estimate of drug-likeness (QED) is 0.168. The SMILES string of the molecule is c1ccc(-c2cc(N(c3ccc4c(c3)oc3ccccc34)c3cccc4c3oc3ccccc34)ccc2-c2ccccc2-n2c3ccccc3c3cc4ccccc4cc32)cc1. The highest BCUT2D eigenvalue weighted by molar-refractivity contribution is 6.15. The maximum Gasteiger partial charge on any atom is 0.159 e. The van der Waals surface area contributed by atoms with Crippen molar-refractivity contribution in [3.8, 4) is 27.9 Å². The summed E-state index contributed by atoms with van der Waals surface area (Å²) in [5.74, 6) is 0. The molecule has 0 spiro atoms. The van der Waals surface area contributed by atoms with Gasteiger partial charge in [0, 0.05) is 49.6 Å². The zero-order chi connectivity index (χ0) is 40.7. The second kappa shape index (κ2) is 13.6. The maximum atomic E-state index is 6.74. The van der Waals surface area contributed by atoms with Crippen LogP contribution in [0.4, 0.5) is 17.1 Å². The van der Waals surface area contributed by atoms with Gasteiger partial charge in [-0.1, -0.05) is 146 Å². The van der Waals surface area contributed by atoms with Gasteiger partial charge < -0.3 is 18.3 Å². The Balaban J connectivity index is 1.07. The van der Waals surface area contributed by atoms with Gasteiger partial charge in [-0.2, -0.15) is 0 Å². The predicted molar refractivity (Wildman–Crippen MR) is 258 cm³/mol. The molecule has 290 valence electrons. The Morgan fingerprint density at radius 3 is 1.82 bits per heavy atom. The fourth-order valence-electron chi connectivity index (χ4n) is 9.76. The summed E-state index contributed by atoms with van der Waals surface area (Å²) >= 11 is 0. The van der Waals surface area contributed by atoms with Crippen LogP contribution in [0.1, 0.15) is 0 Å². The van der Waals surface area contributed by atoms with Crippen LogP contribution in [0.25, 0.3) is 104 Å². The van der Waals surface area contributed by atoms with Crippen LogP contribution in [0, 0.1) is 0 Å². The minimum absolute atomic E-state index is 0.827. The van der Waals surface area contributed by atoms with E-state index >= 15 is 0 Å². The van der Waals surface area contributed by atoms with Crippen molar-refractivity contribution in [3.05, 3.63) is 218 Å². The number of fused-ring (bicyclic) bond motifs is 10. The molecule has 13 rings (SSSR count). The third kappa shape index (κ3) is 5.27. The lowest BCUT2D eigenvalue weighted by Crippen LogP contribution is -2.10. The van der Waals surface area contributed by atoms with Gasteiger partial charge in [0.05, 0.1) is 28.1 Å². The van der Waals surface area contributed by atoms with E-state index in [0.717, 1.165) is 88.9 Å². The first-order valence-electron chi connectivity index (χ1n) is 21.1. The van der Waals surface area contributed by atoms with Gasteiger partial charge in [-0.05, 0) is 94.2 Å². The fraction of sp³-hybridized carbons (Fsp3) is 0. The van der Waals surface area contributed by atoms with E-state index in [1.807, 2.05) is 24.3 Å². The Labute approximate surface area is 356 Å². The third-order valence-corrected chi connectivity index (χ3v) is 12.6. The number of hydrogen-bond acceptors (Lipinski definition) is 3. The van der Waals surface area contributed by atoms with E-state index in [1.54, 1.807) is 0 Å². The van der Waals surface area contributed by atoms with E-state index < -0.39 is 0 Å².